The van der Waals surface area contributed by atoms with Gasteiger partial charge in [0.25, 0.3) is 0 Å². The van der Waals surface area contributed by atoms with Gasteiger partial charge in [0.1, 0.15) is 5.75 Å². The topological polar surface area (TPSA) is 12.5 Å². The van der Waals surface area contributed by atoms with Crippen molar-refractivity contribution in [1.82, 2.24) is 4.90 Å². The Morgan fingerprint density at radius 3 is 2.14 bits per heavy atom. The second-order valence-corrected chi connectivity index (χ2v) is 7.13. The quantitative estimate of drug-likeness (QED) is 0.423. The number of rotatable bonds is 8. The van der Waals surface area contributed by atoms with Gasteiger partial charge >= 0.3 is 6.18 Å². The summed E-state index contributed by atoms with van der Waals surface area (Å²) in [6.07, 6.45) is 4.07. The molecule has 2 aromatic rings. The molecule has 0 fully saturated rings. The van der Waals surface area contributed by atoms with Crippen LogP contribution in [0.5, 0.6) is 5.75 Å². The van der Waals surface area contributed by atoms with Gasteiger partial charge in [-0.05, 0) is 67.6 Å². The molecule has 0 atom stereocenters. The summed E-state index contributed by atoms with van der Waals surface area (Å²) in [4.78, 5) is 2.45. The molecule has 1 heterocycles. The average molecular weight is 389 g/mol. The number of hydrogen-bond acceptors (Lipinski definition) is 2. The highest BCUT2D eigenvalue weighted by Crippen LogP contribution is 2.29. The Labute approximate surface area is 164 Å². The Bertz CT molecular complexity index is 751. The first kappa shape index (κ1) is 20.5. The van der Waals surface area contributed by atoms with Gasteiger partial charge in [-0.1, -0.05) is 36.4 Å². The molecule has 0 saturated carbocycles. The van der Waals surface area contributed by atoms with Gasteiger partial charge in [-0.15, -0.1) is 0 Å². The summed E-state index contributed by atoms with van der Waals surface area (Å²) in [5, 5.41) is 0. The van der Waals surface area contributed by atoms with E-state index in [4.69, 9.17) is 4.74 Å². The molecule has 1 aliphatic heterocycles. The van der Waals surface area contributed by atoms with Crippen molar-refractivity contribution in [2.75, 3.05) is 26.2 Å². The summed E-state index contributed by atoms with van der Waals surface area (Å²) in [6, 6.07) is 13.1. The summed E-state index contributed by atoms with van der Waals surface area (Å²) >= 11 is 0. The van der Waals surface area contributed by atoms with Crippen LogP contribution in [0.1, 0.15) is 36.0 Å². The molecule has 3 rings (SSSR count). The number of ether oxygens (including phenoxy) is 1. The SMILES string of the molecule is FC(F)(F)c1ccc(Cc2ccc(OCCCCN3CC=CCC3)cc2)cc1. The van der Waals surface area contributed by atoms with Crippen LogP contribution in [0.4, 0.5) is 13.2 Å². The van der Waals surface area contributed by atoms with Gasteiger partial charge in [-0.2, -0.15) is 13.2 Å². The van der Waals surface area contributed by atoms with E-state index in [0.717, 1.165) is 67.9 Å². The average Bonchev–Trinajstić information content (AvgIpc) is 2.69. The zero-order valence-electron chi connectivity index (χ0n) is 15.9. The summed E-state index contributed by atoms with van der Waals surface area (Å²) in [5.41, 5.74) is 1.29. The molecule has 2 nitrogen and oxygen atoms in total. The lowest BCUT2D eigenvalue weighted by atomic mass is 10.0. The van der Waals surface area contributed by atoms with Crippen LogP contribution < -0.4 is 4.74 Å². The molecule has 0 unspecified atom stereocenters. The third-order valence-electron chi connectivity index (χ3n) is 4.89. The number of hydrogen-bond donors (Lipinski definition) is 0. The number of halogens is 3. The minimum absolute atomic E-state index is 0.600. The van der Waals surface area contributed by atoms with E-state index in [-0.39, 0.29) is 0 Å². The van der Waals surface area contributed by atoms with Crippen LogP contribution in [0.2, 0.25) is 0 Å². The van der Waals surface area contributed by atoms with Crippen LogP contribution in [0, 0.1) is 0 Å². The van der Waals surface area contributed by atoms with E-state index >= 15 is 0 Å². The number of nitrogens with zero attached hydrogens (tertiary/aromatic N) is 1. The summed E-state index contributed by atoms with van der Waals surface area (Å²) < 4.78 is 43.6. The van der Waals surface area contributed by atoms with Crippen molar-refractivity contribution < 1.29 is 17.9 Å². The largest absolute Gasteiger partial charge is 0.494 e. The molecule has 0 aliphatic carbocycles. The number of unbranched alkanes of at least 4 members (excludes halogenated alkanes) is 1. The fourth-order valence-corrected chi connectivity index (χ4v) is 3.27. The van der Waals surface area contributed by atoms with Crippen LogP contribution in [0.15, 0.2) is 60.7 Å². The van der Waals surface area contributed by atoms with Crippen molar-refractivity contribution in [2.24, 2.45) is 0 Å². The molecule has 0 N–H and O–H groups in total. The van der Waals surface area contributed by atoms with Crippen LogP contribution in [-0.2, 0) is 12.6 Å². The first-order valence-electron chi connectivity index (χ1n) is 9.76. The molecule has 0 radical (unpaired) electrons. The van der Waals surface area contributed by atoms with Crippen LogP contribution >= 0.6 is 0 Å². The van der Waals surface area contributed by atoms with Gasteiger partial charge < -0.3 is 4.74 Å². The molecule has 2 aromatic carbocycles. The molecule has 0 saturated heterocycles. The van der Waals surface area contributed by atoms with E-state index in [1.807, 2.05) is 24.3 Å². The lowest BCUT2D eigenvalue weighted by molar-refractivity contribution is -0.137. The first-order valence-corrected chi connectivity index (χ1v) is 9.76. The maximum atomic E-state index is 12.6. The maximum Gasteiger partial charge on any atom is 0.416 e. The van der Waals surface area contributed by atoms with Crippen molar-refractivity contribution in [3.63, 3.8) is 0 Å². The molecule has 1 aliphatic rings. The Hall–Kier alpha value is -2.27. The van der Waals surface area contributed by atoms with Gasteiger partial charge in [-0.25, -0.2) is 0 Å². The Morgan fingerprint density at radius 2 is 1.54 bits per heavy atom. The van der Waals surface area contributed by atoms with E-state index in [2.05, 4.69) is 17.1 Å². The van der Waals surface area contributed by atoms with Crippen molar-refractivity contribution >= 4 is 0 Å². The summed E-state index contributed by atoms with van der Waals surface area (Å²) in [5.74, 6) is 0.831. The second kappa shape index (κ2) is 9.78. The molecular weight excluding hydrogens is 363 g/mol. The predicted octanol–water partition coefficient (Wildman–Crippen LogP) is 5.72. The predicted molar refractivity (Wildman–Crippen MR) is 106 cm³/mol. The van der Waals surface area contributed by atoms with Crippen molar-refractivity contribution in [1.29, 1.82) is 0 Å². The van der Waals surface area contributed by atoms with E-state index in [1.165, 1.54) is 12.1 Å². The zero-order chi connectivity index (χ0) is 19.8. The summed E-state index contributed by atoms with van der Waals surface area (Å²) in [6.45, 7) is 4.01. The lowest BCUT2D eigenvalue weighted by Gasteiger charge is -2.22. The Kier molecular flexibility index (Phi) is 7.15. The van der Waals surface area contributed by atoms with Gasteiger partial charge in [0.15, 0.2) is 0 Å². The lowest BCUT2D eigenvalue weighted by Crippen LogP contribution is -2.28. The maximum absolute atomic E-state index is 12.6. The summed E-state index contributed by atoms with van der Waals surface area (Å²) in [7, 11) is 0. The van der Waals surface area contributed by atoms with Crippen LogP contribution in [0.3, 0.4) is 0 Å². The van der Waals surface area contributed by atoms with Crippen molar-refractivity contribution in [3.05, 3.63) is 77.4 Å². The highest BCUT2D eigenvalue weighted by Gasteiger charge is 2.29. The molecule has 150 valence electrons. The minimum Gasteiger partial charge on any atom is -0.494 e. The first-order chi connectivity index (χ1) is 13.5. The van der Waals surface area contributed by atoms with Crippen molar-refractivity contribution in [3.8, 4) is 5.75 Å². The Balaban J connectivity index is 1.39. The fourth-order valence-electron chi connectivity index (χ4n) is 3.27. The monoisotopic (exact) mass is 389 g/mol. The smallest absolute Gasteiger partial charge is 0.416 e. The van der Waals surface area contributed by atoms with E-state index in [1.54, 1.807) is 0 Å². The zero-order valence-corrected chi connectivity index (χ0v) is 15.9. The molecule has 0 spiro atoms. The third-order valence-corrected chi connectivity index (χ3v) is 4.89. The molecular formula is C23H26F3NO. The van der Waals surface area contributed by atoms with Gasteiger partial charge in [0.2, 0.25) is 0 Å². The highest BCUT2D eigenvalue weighted by molar-refractivity contribution is 5.33. The van der Waals surface area contributed by atoms with E-state index in [9.17, 15) is 13.2 Å². The van der Waals surface area contributed by atoms with E-state index in [0.29, 0.717) is 13.0 Å². The standard InChI is InChI=1S/C23H26F3NO/c24-23(25,26)21-10-6-19(7-11-21)18-20-8-12-22(13-9-20)28-17-5-4-16-27-14-2-1-3-15-27/h1-2,6-13H,3-5,14-18H2. The molecule has 0 bridgehead atoms. The van der Waals surface area contributed by atoms with Gasteiger partial charge in [0, 0.05) is 13.1 Å². The molecule has 0 amide bonds. The van der Waals surface area contributed by atoms with Crippen LogP contribution in [0.25, 0.3) is 0 Å². The van der Waals surface area contributed by atoms with Gasteiger partial charge in [-0.3, -0.25) is 4.90 Å². The number of alkyl halides is 3. The fraction of sp³-hybridized carbons (Fsp3) is 0.391. The normalized spacial score (nSPS) is 15.0. The Morgan fingerprint density at radius 1 is 0.857 bits per heavy atom. The second-order valence-electron chi connectivity index (χ2n) is 7.13. The molecule has 5 heteroatoms. The molecule has 28 heavy (non-hydrogen) atoms. The van der Waals surface area contributed by atoms with E-state index < -0.39 is 11.7 Å². The van der Waals surface area contributed by atoms with Crippen LogP contribution in [-0.4, -0.2) is 31.1 Å². The molecule has 0 aromatic heterocycles. The number of benzene rings is 2. The third kappa shape index (κ3) is 6.41. The van der Waals surface area contributed by atoms with Gasteiger partial charge in [0.05, 0.1) is 12.2 Å². The highest BCUT2D eigenvalue weighted by atomic mass is 19.4. The minimum atomic E-state index is -4.29. The van der Waals surface area contributed by atoms with Crippen molar-refractivity contribution in [2.45, 2.75) is 31.9 Å².